The lowest BCUT2D eigenvalue weighted by Crippen LogP contribution is -2.39. The summed E-state index contributed by atoms with van der Waals surface area (Å²) in [6.07, 6.45) is 1.04. The third-order valence-electron chi connectivity index (χ3n) is 2.89. The van der Waals surface area contributed by atoms with Crippen LogP contribution in [-0.4, -0.2) is 31.3 Å². The predicted molar refractivity (Wildman–Crippen MR) is 75.6 cm³/mol. The van der Waals surface area contributed by atoms with E-state index in [9.17, 15) is 4.79 Å². The van der Waals surface area contributed by atoms with Crippen molar-refractivity contribution in [1.82, 2.24) is 10.6 Å². The van der Waals surface area contributed by atoms with E-state index >= 15 is 0 Å². The number of carbonyl (C=O) groups excluding carboxylic acids is 1. The minimum Gasteiger partial charge on any atom is -0.489 e. The first-order valence-corrected chi connectivity index (χ1v) is 6.69. The monoisotopic (exact) mass is 263 g/mol. The zero-order valence-electron chi connectivity index (χ0n) is 11.4. The Morgan fingerprint density at radius 2 is 2.21 bits per heavy atom. The Hall–Kier alpha value is -1.75. The Labute approximate surface area is 113 Å². The second kappa shape index (κ2) is 6.43. The van der Waals surface area contributed by atoms with Gasteiger partial charge in [-0.15, -0.1) is 0 Å². The molecular weight excluding hydrogens is 242 g/mol. The third kappa shape index (κ3) is 4.13. The highest BCUT2D eigenvalue weighted by molar-refractivity contribution is 5.91. The molecule has 2 amide bonds. The Morgan fingerprint density at radius 3 is 2.89 bits per heavy atom. The molecule has 5 nitrogen and oxygen atoms in total. The Morgan fingerprint density at radius 1 is 1.42 bits per heavy atom. The number of hydrogen-bond donors (Lipinski definition) is 3. The lowest BCUT2D eigenvalue weighted by Gasteiger charge is -2.16. The second-order valence-electron chi connectivity index (χ2n) is 4.95. The SMILES string of the molecule is CC(C)Oc1ccccc1NC(=O)NC1CCNC1. The fourth-order valence-electron chi connectivity index (χ4n) is 2.05. The summed E-state index contributed by atoms with van der Waals surface area (Å²) in [4.78, 5) is 11.9. The van der Waals surface area contributed by atoms with Gasteiger partial charge < -0.3 is 20.7 Å². The van der Waals surface area contributed by atoms with E-state index in [-0.39, 0.29) is 18.2 Å². The molecule has 0 aliphatic carbocycles. The van der Waals surface area contributed by atoms with Crippen LogP contribution in [-0.2, 0) is 0 Å². The summed E-state index contributed by atoms with van der Waals surface area (Å²) < 4.78 is 5.66. The quantitative estimate of drug-likeness (QED) is 0.778. The number of hydrogen-bond acceptors (Lipinski definition) is 3. The van der Waals surface area contributed by atoms with Gasteiger partial charge in [-0.3, -0.25) is 0 Å². The molecule has 0 aromatic heterocycles. The van der Waals surface area contributed by atoms with E-state index in [0.29, 0.717) is 11.4 Å². The van der Waals surface area contributed by atoms with Crippen molar-refractivity contribution in [2.45, 2.75) is 32.4 Å². The Kier molecular flexibility index (Phi) is 4.63. The lowest BCUT2D eigenvalue weighted by atomic mass is 10.2. The van der Waals surface area contributed by atoms with E-state index in [4.69, 9.17) is 4.74 Å². The average molecular weight is 263 g/mol. The van der Waals surface area contributed by atoms with Crippen molar-refractivity contribution in [3.63, 3.8) is 0 Å². The van der Waals surface area contributed by atoms with Gasteiger partial charge in [-0.05, 0) is 38.9 Å². The number of ether oxygens (including phenoxy) is 1. The topological polar surface area (TPSA) is 62.4 Å². The fourth-order valence-corrected chi connectivity index (χ4v) is 2.05. The Balaban J connectivity index is 1.95. The van der Waals surface area contributed by atoms with Crippen LogP contribution in [0.15, 0.2) is 24.3 Å². The highest BCUT2D eigenvalue weighted by Crippen LogP contribution is 2.24. The maximum absolute atomic E-state index is 11.9. The molecule has 5 heteroatoms. The number of urea groups is 1. The molecule has 1 heterocycles. The van der Waals surface area contributed by atoms with Crippen LogP contribution in [0.5, 0.6) is 5.75 Å². The highest BCUT2D eigenvalue weighted by Gasteiger charge is 2.17. The van der Waals surface area contributed by atoms with Crippen molar-refractivity contribution in [3.05, 3.63) is 24.3 Å². The molecule has 0 saturated carbocycles. The molecule has 2 rings (SSSR count). The molecule has 1 aliphatic rings. The number of carbonyl (C=O) groups is 1. The molecule has 1 saturated heterocycles. The summed E-state index contributed by atoms with van der Waals surface area (Å²) in [5, 5.41) is 8.99. The maximum atomic E-state index is 11.9. The molecule has 104 valence electrons. The number of rotatable bonds is 4. The van der Waals surface area contributed by atoms with Crippen molar-refractivity contribution < 1.29 is 9.53 Å². The summed E-state index contributed by atoms with van der Waals surface area (Å²) in [6, 6.07) is 7.48. The minimum absolute atomic E-state index is 0.0741. The maximum Gasteiger partial charge on any atom is 0.319 e. The molecule has 1 fully saturated rings. The number of amides is 2. The molecule has 19 heavy (non-hydrogen) atoms. The van der Waals surface area contributed by atoms with Crippen molar-refractivity contribution in [3.8, 4) is 5.75 Å². The van der Waals surface area contributed by atoms with Crippen LogP contribution in [0.1, 0.15) is 20.3 Å². The van der Waals surface area contributed by atoms with Crippen LogP contribution in [0.25, 0.3) is 0 Å². The number of benzene rings is 1. The van der Waals surface area contributed by atoms with E-state index in [1.807, 2.05) is 38.1 Å². The van der Waals surface area contributed by atoms with Crippen LogP contribution in [0.3, 0.4) is 0 Å². The van der Waals surface area contributed by atoms with Crippen molar-refractivity contribution in [2.24, 2.45) is 0 Å². The van der Waals surface area contributed by atoms with E-state index in [1.165, 1.54) is 0 Å². The van der Waals surface area contributed by atoms with E-state index in [1.54, 1.807) is 0 Å². The summed E-state index contributed by atoms with van der Waals surface area (Å²) in [6.45, 7) is 5.71. The average Bonchev–Trinajstić information content (AvgIpc) is 2.83. The first kappa shape index (κ1) is 13.7. The molecule has 0 bridgehead atoms. The van der Waals surface area contributed by atoms with Gasteiger partial charge in [0.2, 0.25) is 0 Å². The summed E-state index contributed by atoms with van der Waals surface area (Å²) in [5.41, 5.74) is 0.694. The second-order valence-corrected chi connectivity index (χ2v) is 4.95. The zero-order valence-corrected chi connectivity index (χ0v) is 11.4. The van der Waals surface area contributed by atoms with Gasteiger partial charge in [0.1, 0.15) is 5.75 Å². The van der Waals surface area contributed by atoms with Gasteiger partial charge in [0.15, 0.2) is 0 Å². The first-order valence-electron chi connectivity index (χ1n) is 6.69. The molecule has 0 spiro atoms. The van der Waals surface area contributed by atoms with Gasteiger partial charge in [0, 0.05) is 12.6 Å². The van der Waals surface area contributed by atoms with Crippen LogP contribution >= 0.6 is 0 Å². The van der Waals surface area contributed by atoms with E-state index in [0.717, 1.165) is 19.5 Å². The molecule has 1 aromatic carbocycles. The fraction of sp³-hybridized carbons (Fsp3) is 0.500. The van der Waals surface area contributed by atoms with Crippen LogP contribution < -0.4 is 20.7 Å². The molecule has 1 aromatic rings. The molecule has 1 aliphatic heterocycles. The molecule has 1 atom stereocenters. The van der Waals surface area contributed by atoms with Gasteiger partial charge in [0.25, 0.3) is 0 Å². The lowest BCUT2D eigenvalue weighted by molar-refractivity contribution is 0.241. The van der Waals surface area contributed by atoms with Gasteiger partial charge in [-0.2, -0.15) is 0 Å². The van der Waals surface area contributed by atoms with Crippen molar-refractivity contribution >= 4 is 11.7 Å². The summed E-state index contributed by atoms with van der Waals surface area (Å²) >= 11 is 0. The van der Waals surface area contributed by atoms with Gasteiger partial charge >= 0.3 is 6.03 Å². The summed E-state index contributed by atoms with van der Waals surface area (Å²) in [7, 11) is 0. The van der Waals surface area contributed by atoms with Crippen molar-refractivity contribution in [1.29, 1.82) is 0 Å². The van der Waals surface area contributed by atoms with Crippen LogP contribution in [0.2, 0.25) is 0 Å². The third-order valence-corrected chi connectivity index (χ3v) is 2.89. The smallest absolute Gasteiger partial charge is 0.319 e. The molecular formula is C14H21N3O2. The summed E-state index contributed by atoms with van der Waals surface area (Å²) in [5.74, 6) is 0.692. The van der Waals surface area contributed by atoms with Crippen molar-refractivity contribution in [2.75, 3.05) is 18.4 Å². The number of nitrogens with one attached hydrogen (secondary N) is 3. The first-order chi connectivity index (χ1) is 9.15. The van der Waals surface area contributed by atoms with Gasteiger partial charge in [-0.25, -0.2) is 4.79 Å². The minimum atomic E-state index is -0.187. The molecule has 3 N–H and O–H groups in total. The predicted octanol–water partition coefficient (Wildman–Crippen LogP) is 1.96. The molecule has 1 unspecified atom stereocenters. The zero-order chi connectivity index (χ0) is 13.7. The highest BCUT2D eigenvalue weighted by atomic mass is 16.5. The van der Waals surface area contributed by atoms with E-state index < -0.39 is 0 Å². The van der Waals surface area contributed by atoms with E-state index in [2.05, 4.69) is 16.0 Å². The van der Waals surface area contributed by atoms with Gasteiger partial charge in [-0.1, -0.05) is 12.1 Å². The molecule has 0 radical (unpaired) electrons. The Bertz CT molecular complexity index is 428. The van der Waals surface area contributed by atoms with Crippen LogP contribution in [0, 0.1) is 0 Å². The normalized spacial score (nSPS) is 18.4. The number of anilines is 1. The van der Waals surface area contributed by atoms with Gasteiger partial charge in [0.05, 0.1) is 11.8 Å². The largest absolute Gasteiger partial charge is 0.489 e. The standard InChI is InChI=1S/C14H21N3O2/c1-10(2)19-13-6-4-3-5-12(13)17-14(18)16-11-7-8-15-9-11/h3-6,10-11,15H,7-9H2,1-2H3,(H2,16,17,18). The van der Waals surface area contributed by atoms with Crippen LogP contribution in [0.4, 0.5) is 10.5 Å². The number of para-hydroxylation sites is 2.